The van der Waals surface area contributed by atoms with Crippen molar-refractivity contribution in [1.82, 2.24) is 4.90 Å². The summed E-state index contributed by atoms with van der Waals surface area (Å²) < 4.78 is 0. The molecular weight excluding hydrogens is 336 g/mol. The molecule has 1 saturated heterocycles. The highest BCUT2D eigenvalue weighted by Gasteiger charge is 2.29. The van der Waals surface area contributed by atoms with Crippen LogP contribution in [0.2, 0.25) is 0 Å². The van der Waals surface area contributed by atoms with Gasteiger partial charge in [0.1, 0.15) is 0 Å². The van der Waals surface area contributed by atoms with Gasteiger partial charge in [-0.15, -0.1) is 0 Å². The fourth-order valence-electron chi connectivity index (χ4n) is 3.84. The third-order valence-corrected chi connectivity index (χ3v) is 5.19. The summed E-state index contributed by atoms with van der Waals surface area (Å²) in [7, 11) is 0. The molecule has 0 bridgehead atoms. The Morgan fingerprint density at radius 2 is 1.67 bits per heavy atom. The molecule has 1 N–H and O–H groups in total. The van der Waals surface area contributed by atoms with Crippen LogP contribution in [0.25, 0.3) is 0 Å². The van der Waals surface area contributed by atoms with Crippen LogP contribution in [0.15, 0.2) is 36.4 Å². The van der Waals surface area contributed by atoms with Gasteiger partial charge in [0.25, 0.3) is 5.91 Å². The SMILES string of the molecule is Cc1cc(C)cc(C(=O)N2CCCC(C(=O)Nc3ccc(C)cc3C)C2)c1. The Bertz CT molecular complexity index is 852. The van der Waals surface area contributed by atoms with Gasteiger partial charge in [-0.1, -0.05) is 34.9 Å². The summed E-state index contributed by atoms with van der Waals surface area (Å²) in [4.78, 5) is 27.5. The van der Waals surface area contributed by atoms with Crippen LogP contribution in [0, 0.1) is 33.6 Å². The second-order valence-corrected chi connectivity index (χ2v) is 7.77. The zero-order chi connectivity index (χ0) is 19.6. The van der Waals surface area contributed by atoms with Crippen LogP contribution in [0.1, 0.15) is 45.5 Å². The predicted octanol–water partition coefficient (Wildman–Crippen LogP) is 4.41. The third-order valence-electron chi connectivity index (χ3n) is 5.19. The minimum atomic E-state index is -0.172. The van der Waals surface area contributed by atoms with E-state index < -0.39 is 0 Å². The molecule has 1 unspecified atom stereocenters. The molecule has 4 heteroatoms. The molecular formula is C23H28N2O2. The first-order valence-electron chi connectivity index (χ1n) is 9.59. The Kier molecular flexibility index (Phi) is 5.64. The lowest BCUT2D eigenvalue weighted by Gasteiger charge is -2.32. The van der Waals surface area contributed by atoms with E-state index in [-0.39, 0.29) is 17.7 Å². The van der Waals surface area contributed by atoms with Gasteiger partial charge in [0.05, 0.1) is 5.92 Å². The molecule has 142 valence electrons. The molecule has 1 heterocycles. The molecule has 1 aliphatic rings. The van der Waals surface area contributed by atoms with Gasteiger partial charge in [-0.3, -0.25) is 9.59 Å². The van der Waals surface area contributed by atoms with Gasteiger partial charge in [0.15, 0.2) is 0 Å². The Labute approximate surface area is 161 Å². The molecule has 1 aliphatic heterocycles. The Hall–Kier alpha value is -2.62. The first kappa shape index (κ1) is 19.2. The van der Waals surface area contributed by atoms with Crippen LogP contribution >= 0.6 is 0 Å². The number of anilines is 1. The number of hydrogen-bond donors (Lipinski definition) is 1. The predicted molar refractivity (Wildman–Crippen MR) is 109 cm³/mol. The average Bonchev–Trinajstić information content (AvgIpc) is 2.62. The number of piperidine rings is 1. The number of likely N-dealkylation sites (tertiary alicyclic amines) is 1. The van der Waals surface area contributed by atoms with Crippen molar-refractivity contribution in [3.05, 3.63) is 64.2 Å². The van der Waals surface area contributed by atoms with E-state index in [4.69, 9.17) is 0 Å². The molecule has 0 aromatic heterocycles. The van der Waals surface area contributed by atoms with Gasteiger partial charge >= 0.3 is 0 Å². The Morgan fingerprint density at radius 3 is 2.33 bits per heavy atom. The van der Waals surface area contributed by atoms with Crippen LogP contribution in [0.5, 0.6) is 0 Å². The summed E-state index contributed by atoms with van der Waals surface area (Å²) in [5.41, 5.74) is 5.96. The minimum Gasteiger partial charge on any atom is -0.338 e. The number of nitrogens with zero attached hydrogens (tertiary/aromatic N) is 1. The molecule has 0 radical (unpaired) electrons. The monoisotopic (exact) mass is 364 g/mol. The topological polar surface area (TPSA) is 49.4 Å². The van der Waals surface area contributed by atoms with Gasteiger partial charge in [-0.2, -0.15) is 0 Å². The standard InChI is InChI=1S/C23H28N2O2/c1-15-7-8-21(18(4)11-15)24-22(26)19-6-5-9-25(14-19)23(27)20-12-16(2)10-17(3)13-20/h7-8,10-13,19H,5-6,9,14H2,1-4H3,(H,24,26). The van der Waals surface area contributed by atoms with Crippen molar-refractivity contribution >= 4 is 17.5 Å². The van der Waals surface area contributed by atoms with Crippen LogP contribution in [-0.4, -0.2) is 29.8 Å². The second-order valence-electron chi connectivity index (χ2n) is 7.77. The quantitative estimate of drug-likeness (QED) is 0.877. The number of hydrogen-bond acceptors (Lipinski definition) is 2. The van der Waals surface area contributed by atoms with E-state index >= 15 is 0 Å². The fraction of sp³-hybridized carbons (Fsp3) is 0.391. The molecule has 3 rings (SSSR count). The van der Waals surface area contributed by atoms with Gasteiger partial charge in [-0.25, -0.2) is 0 Å². The van der Waals surface area contributed by atoms with Crippen molar-refractivity contribution in [2.24, 2.45) is 5.92 Å². The normalized spacial score (nSPS) is 16.9. The van der Waals surface area contributed by atoms with E-state index in [2.05, 4.69) is 17.4 Å². The number of nitrogens with one attached hydrogen (secondary N) is 1. The number of amides is 2. The van der Waals surface area contributed by atoms with Crippen molar-refractivity contribution < 1.29 is 9.59 Å². The largest absolute Gasteiger partial charge is 0.338 e. The molecule has 2 aromatic carbocycles. The van der Waals surface area contributed by atoms with Crippen molar-refractivity contribution in [2.75, 3.05) is 18.4 Å². The smallest absolute Gasteiger partial charge is 0.253 e. The summed E-state index contributed by atoms with van der Waals surface area (Å²) in [6.07, 6.45) is 1.66. The fourth-order valence-corrected chi connectivity index (χ4v) is 3.84. The molecule has 2 aromatic rings. The molecule has 27 heavy (non-hydrogen) atoms. The van der Waals surface area contributed by atoms with Gasteiger partial charge in [-0.05, 0) is 64.3 Å². The van der Waals surface area contributed by atoms with Crippen molar-refractivity contribution in [3.63, 3.8) is 0 Å². The molecule has 0 spiro atoms. The highest BCUT2D eigenvalue weighted by atomic mass is 16.2. The lowest BCUT2D eigenvalue weighted by atomic mass is 9.95. The Balaban J connectivity index is 1.69. The number of rotatable bonds is 3. The lowest BCUT2D eigenvalue weighted by Crippen LogP contribution is -2.43. The van der Waals surface area contributed by atoms with Crippen LogP contribution in [0.3, 0.4) is 0 Å². The zero-order valence-electron chi connectivity index (χ0n) is 16.6. The summed E-state index contributed by atoms with van der Waals surface area (Å²) >= 11 is 0. The van der Waals surface area contributed by atoms with Crippen LogP contribution < -0.4 is 5.32 Å². The maximum Gasteiger partial charge on any atom is 0.253 e. The maximum absolute atomic E-state index is 12.9. The summed E-state index contributed by atoms with van der Waals surface area (Å²) in [5.74, 6) is -0.153. The zero-order valence-corrected chi connectivity index (χ0v) is 16.6. The number of benzene rings is 2. The van der Waals surface area contributed by atoms with Crippen molar-refractivity contribution in [1.29, 1.82) is 0 Å². The van der Waals surface area contributed by atoms with E-state index in [1.54, 1.807) is 0 Å². The Morgan fingerprint density at radius 1 is 0.963 bits per heavy atom. The third kappa shape index (κ3) is 4.57. The molecule has 0 aliphatic carbocycles. The lowest BCUT2D eigenvalue weighted by molar-refractivity contribution is -0.121. The first-order chi connectivity index (χ1) is 12.8. The van der Waals surface area contributed by atoms with E-state index in [1.165, 1.54) is 5.56 Å². The van der Waals surface area contributed by atoms with Crippen molar-refractivity contribution in [3.8, 4) is 0 Å². The highest BCUT2D eigenvalue weighted by molar-refractivity contribution is 5.96. The van der Waals surface area contributed by atoms with E-state index in [9.17, 15) is 9.59 Å². The van der Waals surface area contributed by atoms with E-state index in [1.807, 2.05) is 56.9 Å². The molecule has 2 amide bonds. The molecule has 1 atom stereocenters. The minimum absolute atomic E-state index is 0.000115. The van der Waals surface area contributed by atoms with Gasteiger partial charge < -0.3 is 10.2 Å². The number of carbonyl (C=O) groups excluding carboxylic acids is 2. The average molecular weight is 364 g/mol. The first-order valence-corrected chi connectivity index (χ1v) is 9.59. The van der Waals surface area contributed by atoms with Crippen molar-refractivity contribution in [2.45, 2.75) is 40.5 Å². The summed E-state index contributed by atoms with van der Waals surface area (Å²) in [6, 6.07) is 11.9. The van der Waals surface area contributed by atoms with Crippen LogP contribution in [0.4, 0.5) is 5.69 Å². The molecule has 4 nitrogen and oxygen atoms in total. The highest BCUT2D eigenvalue weighted by Crippen LogP contribution is 2.23. The number of carbonyl (C=O) groups is 2. The maximum atomic E-state index is 12.9. The number of aryl methyl sites for hydroxylation is 4. The summed E-state index contributed by atoms with van der Waals surface area (Å²) in [6.45, 7) is 9.22. The van der Waals surface area contributed by atoms with Gasteiger partial charge in [0.2, 0.25) is 5.91 Å². The van der Waals surface area contributed by atoms with E-state index in [0.29, 0.717) is 18.7 Å². The molecule has 1 fully saturated rings. The van der Waals surface area contributed by atoms with Gasteiger partial charge in [0, 0.05) is 24.3 Å². The second kappa shape index (κ2) is 7.95. The summed E-state index contributed by atoms with van der Waals surface area (Å²) in [5, 5.41) is 3.05. The van der Waals surface area contributed by atoms with E-state index in [0.717, 1.165) is 35.2 Å². The molecule has 0 saturated carbocycles. The van der Waals surface area contributed by atoms with Crippen LogP contribution in [-0.2, 0) is 4.79 Å².